The van der Waals surface area contributed by atoms with Gasteiger partial charge in [-0.3, -0.25) is 0 Å². The molecule has 0 bridgehead atoms. The molecule has 1 fully saturated rings. The molecule has 0 radical (unpaired) electrons. The summed E-state index contributed by atoms with van der Waals surface area (Å²) in [6, 6.07) is 7.70. The number of nitrogens with one attached hydrogen (secondary N) is 1. The minimum atomic E-state index is 0.550. The first-order valence-corrected chi connectivity index (χ1v) is 8.15. The van der Waals surface area contributed by atoms with E-state index in [2.05, 4.69) is 49.3 Å². The van der Waals surface area contributed by atoms with Crippen LogP contribution in [0.2, 0.25) is 0 Å². The quantitative estimate of drug-likeness (QED) is 0.855. The number of rotatable bonds is 2. The van der Waals surface area contributed by atoms with E-state index in [9.17, 15) is 0 Å². The van der Waals surface area contributed by atoms with Crippen molar-refractivity contribution in [2.75, 3.05) is 23.8 Å². The third-order valence-electron chi connectivity index (χ3n) is 5.30. The maximum Gasteiger partial charge on any atom is 0.0393 e. The van der Waals surface area contributed by atoms with Crippen molar-refractivity contribution >= 4 is 11.4 Å². The number of anilines is 2. The highest BCUT2D eigenvalue weighted by atomic mass is 15.1. The van der Waals surface area contributed by atoms with Gasteiger partial charge in [0.2, 0.25) is 0 Å². The Labute approximate surface area is 123 Å². The van der Waals surface area contributed by atoms with Crippen LogP contribution in [0.4, 0.5) is 11.4 Å². The lowest BCUT2D eigenvalue weighted by Gasteiger charge is -2.39. The number of aryl methyl sites for hydroxylation is 1. The smallest absolute Gasteiger partial charge is 0.0393 e. The van der Waals surface area contributed by atoms with Gasteiger partial charge < -0.3 is 10.2 Å². The fraction of sp³-hybridized carbons (Fsp3) is 0.667. The van der Waals surface area contributed by atoms with Gasteiger partial charge in [-0.15, -0.1) is 0 Å². The largest absolute Gasteiger partial charge is 0.385 e. The van der Waals surface area contributed by atoms with Gasteiger partial charge >= 0.3 is 0 Å². The summed E-state index contributed by atoms with van der Waals surface area (Å²) in [5.74, 6) is 0. The molecule has 3 rings (SSSR count). The highest BCUT2D eigenvalue weighted by Crippen LogP contribution is 2.38. The highest BCUT2D eigenvalue weighted by Gasteiger charge is 2.29. The number of hydrogen-bond donors (Lipinski definition) is 1. The molecule has 1 aliphatic heterocycles. The van der Waals surface area contributed by atoms with Crippen LogP contribution in [0.5, 0.6) is 0 Å². The molecule has 1 aromatic carbocycles. The average molecular weight is 272 g/mol. The zero-order chi connectivity index (χ0) is 14.2. The molecule has 2 aliphatic rings. The Hall–Kier alpha value is -1.18. The first kappa shape index (κ1) is 13.8. The van der Waals surface area contributed by atoms with Crippen LogP contribution >= 0.6 is 0 Å². The van der Waals surface area contributed by atoms with Gasteiger partial charge in [0.25, 0.3) is 0 Å². The summed E-state index contributed by atoms with van der Waals surface area (Å²) in [5.41, 5.74) is 4.77. The molecule has 1 aromatic rings. The molecule has 110 valence electrons. The first-order chi connectivity index (χ1) is 9.55. The second-order valence-corrected chi connectivity index (χ2v) is 7.38. The fourth-order valence-electron chi connectivity index (χ4n) is 3.65. The molecule has 0 atom stereocenters. The predicted octanol–water partition coefficient (Wildman–Crippen LogP) is 4.45. The van der Waals surface area contributed by atoms with Gasteiger partial charge in [-0.05, 0) is 61.6 Å². The zero-order valence-corrected chi connectivity index (χ0v) is 13.2. The SMILES string of the molecule is CN(c1ccc2c(c1)NCCC2)C1CCC(C)(C)CC1. The lowest BCUT2D eigenvalue weighted by Crippen LogP contribution is -2.37. The van der Waals surface area contributed by atoms with E-state index in [1.54, 1.807) is 0 Å². The van der Waals surface area contributed by atoms with E-state index in [4.69, 9.17) is 0 Å². The van der Waals surface area contributed by atoms with Gasteiger partial charge in [0.05, 0.1) is 0 Å². The number of benzene rings is 1. The Bertz CT molecular complexity index is 468. The Morgan fingerprint density at radius 1 is 1.20 bits per heavy atom. The van der Waals surface area contributed by atoms with Crippen LogP contribution in [0.3, 0.4) is 0 Å². The summed E-state index contributed by atoms with van der Waals surface area (Å²) < 4.78 is 0. The second kappa shape index (κ2) is 5.31. The third-order valence-corrected chi connectivity index (χ3v) is 5.30. The molecule has 20 heavy (non-hydrogen) atoms. The third kappa shape index (κ3) is 2.79. The van der Waals surface area contributed by atoms with E-state index in [0.29, 0.717) is 11.5 Å². The highest BCUT2D eigenvalue weighted by molar-refractivity contribution is 5.63. The Balaban J connectivity index is 1.72. The molecule has 2 nitrogen and oxygen atoms in total. The summed E-state index contributed by atoms with van der Waals surface area (Å²) in [7, 11) is 2.27. The zero-order valence-electron chi connectivity index (χ0n) is 13.2. The summed E-state index contributed by atoms with van der Waals surface area (Å²) in [4.78, 5) is 2.51. The Morgan fingerprint density at radius 2 is 1.95 bits per heavy atom. The van der Waals surface area contributed by atoms with Crippen LogP contribution in [0.25, 0.3) is 0 Å². The molecule has 1 aliphatic carbocycles. The summed E-state index contributed by atoms with van der Waals surface area (Å²) in [5, 5.41) is 3.55. The van der Waals surface area contributed by atoms with Crippen molar-refractivity contribution in [2.24, 2.45) is 5.41 Å². The van der Waals surface area contributed by atoms with Crippen molar-refractivity contribution in [3.63, 3.8) is 0 Å². The van der Waals surface area contributed by atoms with Gasteiger partial charge in [-0.1, -0.05) is 19.9 Å². The van der Waals surface area contributed by atoms with Crippen molar-refractivity contribution in [3.05, 3.63) is 23.8 Å². The molecule has 1 saturated carbocycles. The summed E-state index contributed by atoms with van der Waals surface area (Å²) in [6.45, 7) is 5.94. The summed E-state index contributed by atoms with van der Waals surface area (Å²) >= 11 is 0. The molecule has 0 amide bonds. The van der Waals surface area contributed by atoms with Crippen LogP contribution in [0.15, 0.2) is 18.2 Å². The van der Waals surface area contributed by atoms with E-state index >= 15 is 0 Å². The summed E-state index contributed by atoms with van der Waals surface area (Å²) in [6.07, 6.45) is 7.85. The van der Waals surface area contributed by atoms with E-state index in [1.165, 1.54) is 55.5 Å². The number of nitrogens with zero attached hydrogens (tertiary/aromatic N) is 1. The lowest BCUT2D eigenvalue weighted by atomic mass is 9.75. The predicted molar refractivity (Wildman–Crippen MR) is 87.7 cm³/mol. The van der Waals surface area contributed by atoms with Crippen LogP contribution in [0.1, 0.15) is 51.5 Å². The molecular formula is C18H28N2. The maximum atomic E-state index is 3.55. The molecule has 2 heteroatoms. The van der Waals surface area contributed by atoms with Gasteiger partial charge in [0.15, 0.2) is 0 Å². The van der Waals surface area contributed by atoms with Crippen molar-refractivity contribution in [1.82, 2.24) is 0 Å². The van der Waals surface area contributed by atoms with Crippen molar-refractivity contribution in [3.8, 4) is 0 Å². The molecule has 1 heterocycles. The topological polar surface area (TPSA) is 15.3 Å². The first-order valence-electron chi connectivity index (χ1n) is 8.15. The van der Waals surface area contributed by atoms with Crippen LogP contribution in [0, 0.1) is 5.41 Å². The monoisotopic (exact) mass is 272 g/mol. The van der Waals surface area contributed by atoms with Crippen LogP contribution < -0.4 is 10.2 Å². The van der Waals surface area contributed by atoms with Crippen LogP contribution in [-0.4, -0.2) is 19.6 Å². The Kier molecular flexibility index (Phi) is 3.66. The molecule has 0 saturated heterocycles. The van der Waals surface area contributed by atoms with Crippen molar-refractivity contribution in [2.45, 2.75) is 58.4 Å². The minimum absolute atomic E-state index is 0.550. The molecule has 1 N–H and O–H groups in total. The standard InChI is InChI=1S/C18H28N2/c1-18(2)10-8-15(9-11-18)20(3)16-7-6-14-5-4-12-19-17(14)13-16/h6-7,13,15,19H,4-5,8-12H2,1-3H3. The molecule has 0 spiro atoms. The van der Waals surface area contributed by atoms with Crippen molar-refractivity contribution in [1.29, 1.82) is 0 Å². The molecule has 0 unspecified atom stereocenters. The normalized spacial score (nSPS) is 21.9. The van der Waals surface area contributed by atoms with Crippen molar-refractivity contribution < 1.29 is 0 Å². The van der Waals surface area contributed by atoms with Gasteiger partial charge in [-0.25, -0.2) is 0 Å². The molecule has 0 aromatic heterocycles. The van der Waals surface area contributed by atoms with Gasteiger partial charge in [0.1, 0.15) is 0 Å². The maximum absolute atomic E-state index is 3.55. The van der Waals surface area contributed by atoms with Gasteiger partial charge in [-0.2, -0.15) is 0 Å². The van der Waals surface area contributed by atoms with Gasteiger partial charge in [0, 0.05) is 31.0 Å². The van der Waals surface area contributed by atoms with E-state index in [-0.39, 0.29) is 0 Å². The van der Waals surface area contributed by atoms with Crippen LogP contribution in [-0.2, 0) is 6.42 Å². The second-order valence-electron chi connectivity index (χ2n) is 7.38. The fourth-order valence-corrected chi connectivity index (χ4v) is 3.65. The van der Waals surface area contributed by atoms with E-state index in [0.717, 1.165) is 6.54 Å². The Morgan fingerprint density at radius 3 is 2.70 bits per heavy atom. The number of fused-ring (bicyclic) bond motifs is 1. The molecular weight excluding hydrogens is 244 g/mol. The number of hydrogen-bond acceptors (Lipinski definition) is 2. The van der Waals surface area contributed by atoms with E-state index in [1.807, 2.05) is 0 Å². The minimum Gasteiger partial charge on any atom is -0.385 e. The lowest BCUT2D eigenvalue weighted by molar-refractivity contribution is 0.222. The van der Waals surface area contributed by atoms with E-state index < -0.39 is 0 Å². The average Bonchev–Trinajstić information content (AvgIpc) is 2.46.